The molecule has 5 atom stereocenters. The summed E-state index contributed by atoms with van der Waals surface area (Å²) < 4.78 is 12.0. The van der Waals surface area contributed by atoms with E-state index in [0.717, 1.165) is 37.9 Å². The maximum absolute atomic E-state index is 13.2. The van der Waals surface area contributed by atoms with Crippen molar-refractivity contribution in [2.24, 2.45) is 23.2 Å². The summed E-state index contributed by atoms with van der Waals surface area (Å²) >= 11 is 0. The van der Waals surface area contributed by atoms with Gasteiger partial charge in [0.2, 0.25) is 0 Å². The van der Waals surface area contributed by atoms with Crippen LogP contribution < -0.4 is 0 Å². The molecule has 1 heterocycles. The molecule has 4 aliphatic rings. The van der Waals surface area contributed by atoms with Crippen molar-refractivity contribution in [1.82, 2.24) is 0 Å². The lowest BCUT2D eigenvalue weighted by atomic mass is 9.52. The Morgan fingerprint density at radius 1 is 1.30 bits per heavy atom. The molecular weight excluding hydrogens is 344 g/mol. The molecule has 2 saturated carbocycles. The zero-order valence-electron chi connectivity index (χ0n) is 16.9. The van der Waals surface area contributed by atoms with Crippen LogP contribution in [0.3, 0.4) is 0 Å². The van der Waals surface area contributed by atoms with Crippen molar-refractivity contribution >= 4 is 12.3 Å². The van der Waals surface area contributed by atoms with Crippen molar-refractivity contribution in [3.63, 3.8) is 0 Å². The largest absolute Gasteiger partial charge is 0.483 e. The second-order valence-electron chi connectivity index (χ2n) is 9.04. The summed E-state index contributed by atoms with van der Waals surface area (Å²) in [6, 6.07) is 0. The minimum atomic E-state index is -0.250. The highest BCUT2D eigenvalue weighted by molar-refractivity contribution is 5.85. The first-order valence-corrected chi connectivity index (χ1v) is 9.88. The van der Waals surface area contributed by atoms with Gasteiger partial charge < -0.3 is 14.6 Å². The summed E-state index contributed by atoms with van der Waals surface area (Å²) in [5.41, 5.74) is 3.26. The molecule has 0 spiro atoms. The van der Waals surface area contributed by atoms with Crippen molar-refractivity contribution < 1.29 is 24.2 Å². The minimum absolute atomic E-state index is 0.134. The zero-order chi connectivity index (χ0) is 20.0. The number of rotatable bonds is 1. The normalized spacial score (nSPS) is 39.7. The average Bonchev–Trinajstić information content (AvgIpc) is 2.58. The molecule has 0 aromatic rings. The molecule has 1 saturated heterocycles. The summed E-state index contributed by atoms with van der Waals surface area (Å²) in [4.78, 5) is 21.5. The second-order valence-corrected chi connectivity index (χ2v) is 9.04. The number of methoxy groups -OCH3 is 1. The molecule has 5 nitrogen and oxygen atoms in total. The number of carbonyl (C=O) groups excluding carboxylic acids is 1. The molecule has 0 radical (unpaired) electrons. The van der Waals surface area contributed by atoms with Gasteiger partial charge in [0.15, 0.2) is 0 Å². The van der Waals surface area contributed by atoms with Crippen LogP contribution in [0.15, 0.2) is 23.3 Å². The molecule has 1 N–H and O–H groups in total. The first kappa shape index (κ1) is 20.3. The zero-order valence-corrected chi connectivity index (χ0v) is 16.9. The third-order valence-electron chi connectivity index (χ3n) is 7.91. The molecule has 4 rings (SSSR count). The second kappa shape index (κ2) is 7.17. The van der Waals surface area contributed by atoms with Crippen LogP contribution in [0.1, 0.15) is 52.9 Å². The third kappa shape index (κ3) is 2.99. The first-order chi connectivity index (χ1) is 12.7. The van der Waals surface area contributed by atoms with E-state index in [4.69, 9.17) is 19.4 Å². The van der Waals surface area contributed by atoms with E-state index in [1.54, 1.807) is 0 Å². The number of fused-ring (bicyclic) bond motifs is 5. The lowest BCUT2D eigenvalue weighted by Gasteiger charge is -2.58. The molecule has 3 aliphatic carbocycles. The maximum atomic E-state index is 13.2. The van der Waals surface area contributed by atoms with E-state index < -0.39 is 0 Å². The van der Waals surface area contributed by atoms with Gasteiger partial charge >= 0.3 is 0 Å². The molecule has 0 aromatic carbocycles. The molecule has 3 fully saturated rings. The van der Waals surface area contributed by atoms with Crippen molar-refractivity contribution in [1.29, 1.82) is 0 Å². The molecular formula is C22H32O5. The van der Waals surface area contributed by atoms with E-state index >= 15 is 0 Å². The van der Waals surface area contributed by atoms with Gasteiger partial charge in [0.1, 0.15) is 5.78 Å². The Labute approximate surface area is 161 Å². The fourth-order valence-electron chi connectivity index (χ4n) is 6.02. The van der Waals surface area contributed by atoms with Gasteiger partial charge in [0.05, 0.1) is 18.3 Å². The highest BCUT2D eigenvalue weighted by atomic mass is 16.5. The van der Waals surface area contributed by atoms with Gasteiger partial charge in [-0.05, 0) is 43.3 Å². The summed E-state index contributed by atoms with van der Waals surface area (Å²) in [5.74, 6) is 1.57. The quantitative estimate of drug-likeness (QED) is 0.705. The average molecular weight is 376 g/mol. The van der Waals surface area contributed by atoms with Crippen molar-refractivity contribution in [3.8, 4) is 0 Å². The van der Waals surface area contributed by atoms with Gasteiger partial charge in [-0.15, -0.1) is 0 Å². The van der Waals surface area contributed by atoms with Crippen LogP contribution in [0.5, 0.6) is 0 Å². The maximum Gasteiger partial charge on any atom is 0.290 e. The Hall–Kier alpha value is -1.46. The van der Waals surface area contributed by atoms with E-state index in [2.05, 4.69) is 27.4 Å². The predicted molar refractivity (Wildman–Crippen MR) is 102 cm³/mol. The standard InChI is InChI=1S/C21H30O3.CH2O2/c1-12-9-21(23-5)10-15-14(6-7-19-16(15)11-24-19)18(22)8-17(13(12)2)20(21,3)4;2-1-3/h14-16,19H,1,6-11H2,2-5H3;1H,(H,2,3). The number of hydrogen-bond acceptors (Lipinski definition) is 4. The molecule has 0 amide bonds. The van der Waals surface area contributed by atoms with Crippen LogP contribution in [0.4, 0.5) is 0 Å². The van der Waals surface area contributed by atoms with Crippen molar-refractivity contribution in [2.45, 2.75) is 64.6 Å². The van der Waals surface area contributed by atoms with Crippen molar-refractivity contribution in [2.75, 3.05) is 13.7 Å². The number of ether oxygens (including phenoxy) is 2. The number of carboxylic acid groups (broad SMARTS) is 1. The topological polar surface area (TPSA) is 72.8 Å². The Kier molecular flexibility index (Phi) is 5.39. The van der Waals surface area contributed by atoms with E-state index in [0.29, 0.717) is 30.1 Å². The minimum Gasteiger partial charge on any atom is -0.483 e. The van der Waals surface area contributed by atoms with Crippen LogP contribution in [0.25, 0.3) is 0 Å². The molecule has 5 unspecified atom stereocenters. The Balaban J connectivity index is 0.000000659. The number of ketones is 1. The molecule has 27 heavy (non-hydrogen) atoms. The van der Waals surface area contributed by atoms with Gasteiger partial charge in [0, 0.05) is 37.2 Å². The van der Waals surface area contributed by atoms with E-state index in [9.17, 15) is 4.79 Å². The molecule has 1 aliphatic heterocycles. The highest BCUT2D eigenvalue weighted by Gasteiger charge is 2.58. The molecule has 5 heteroatoms. The molecule has 150 valence electrons. The summed E-state index contributed by atoms with van der Waals surface area (Å²) in [7, 11) is 1.85. The smallest absolute Gasteiger partial charge is 0.290 e. The fourth-order valence-corrected chi connectivity index (χ4v) is 6.02. The van der Waals surface area contributed by atoms with Crippen LogP contribution >= 0.6 is 0 Å². The third-order valence-corrected chi connectivity index (χ3v) is 7.91. The number of allylic oxidation sites excluding steroid dienone is 1. The monoisotopic (exact) mass is 376 g/mol. The van der Waals surface area contributed by atoms with Gasteiger partial charge in [-0.25, -0.2) is 0 Å². The lowest BCUT2D eigenvalue weighted by Crippen LogP contribution is -2.59. The number of hydrogen-bond donors (Lipinski definition) is 1. The summed E-state index contributed by atoms with van der Waals surface area (Å²) in [6.07, 6.45) is 4.81. The predicted octanol–water partition coefficient (Wildman–Crippen LogP) is 3.78. The van der Waals surface area contributed by atoms with Gasteiger partial charge in [-0.3, -0.25) is 9.59 Å². The Morgan fingerprint density at radius 3 is 2.52 bits per heavy atom. The van der Waals surface area contributed by atoms with E-state index in [1.165, 1.54) is 11.1 Å². The van der Waals surface area contributed by atoms with Crippen molar-refractivity contribution in [3.05, 3.63) is 23.3 Å². The van der Waals surface area contributed by atoms with Gasteiger partial charge in [-0.1, -0.05) is 26.0 Å². The summed E-state index contributed by atoms with van der Waals surface area (Å²) in [5, 5.41) is 6.89. The highest BCUT2D eigenvalue weighted by Crippen LogP contribution is 2.59. The Bertz CT molecular complexity index is 676. The SMILES string of the molecule is C=C1CC2(OC)CC3C(CCC4OCC43)C(=O)CC(=C1C)C2(C)C.O=CO. The van der Waals surface area contributed by atoms with E-state index in [1.807, 2.05) is 7.11 Å². The first-order valence-electron chi connectivity index (χ1n) is 9.88. The van der Waals surface area contributed by atoms with Crippen LogP contribution in [0, 0.1) is 23.2 Å². The Morgan fingerprint density at radius 2 is 1.96 bits per heavy atom. The van der Waals surface area contributed by atoms with Crippen LogP contribution in [-0.2, 0) is 19.1 Å². The van der Waals surface area contributed by atoms with Gasteiger partial charge in [-0.2, -0.15) is 0 Å². The van der Waals surface area contributed by atoms with Gasteiger partial charge in [0.25, 0.3) is 6.47 Å². The fraction of sp³-hybridized carbons (Fsp3) is 0.727. The number of carbonyl (C=O) groups is 2. The lowest BCUT2D eigenvalue weighted by molar-refractivity contribution is -0.198. The molecule has 2 bridgehead atoms. The molecule has 0 aromatic heterocycles. The number of Topliss-reactive ketones (excluding diaryl/α,β-unsaturated/α-hetero) is 1. The summed E-state index contributed by atoms with van der Waals surface area (Å²) in [6.45, 7) is 11.6. The van der Waals surface area contributed by atoms with Crippen LogP contribution in [0.2, 0.25) is 0 Å². The van der Waals surface area contributed by atoms with Crippen LogP contribution in [-0.4, -0.2) is 42.8 Å². The van der Waals surface area contributed by atoms with E-state index in [-0.39, 0.29) is 23.4 Å².